The van der Waals surface area contributed by atoms with Gasteiger partial charge in [0.05, 0.1) is 5.75 Å². The van der Waals surface area contributed by atoms with E-state index in [1.807, 2.05) is 6.20 Å². The first-order valence-corrected chi connectivity index (χ1v) is 9.24. The Balaban J connectivity index is 1.65. The highest BCUT2D eigenvalue weighted by Crippen LogP contribution is 2.21. The van der Waals surface area contributed by atoms with Crippen LogP contribution < -0.4 is 0 Å². The molecule has 0 saturated carbocycles. The molecular formula is C16H20FN3O2S. The molecule has 0 spiro atoms. The van der Waals surface area contributed by atoms with Crippen LogP contribution in [0.25, 0.3) is 0 Å². The van der Waals surface area contributed by atoms with Crippen LogP contribution in [0.5, 0.6) is 0 Å². The van der Waals surface area contributed by atoms with E-state index in [0.717, 1.165) is 25.2 Å². The van der Waals surface area contributed by atoms with Gasteiger partial charge in [-0.1, -0.05) is 18.2 Å². The van der Waals surface area contributed by atoms with Crippen LogP contribution in [0.2, 0.25) is 0 Å². The van der Waals surface area contributed by atoms with E-state index < -0.39 is 15.8 Å². The van der Waals surface area contributed by atoms with Gasteiger partial charge in [0.1, 0.15) is 11.6 Å². The molecule has 2 heterocycles. The normalized spacial score (nSPS) is 18.1. The van der Waals surface area contributed by atoms with Crippen molar-refractivity contribution in [2.75, 3.05) is 13.6 Å². The fraction of sp³-hybridized carbons (Fsp3) is 0.438. The molecule has 1 aliphatic rings. The summed E-state index contributed by atoms with van der Waals surface area (Å²) in [6.45, 7) is 1.21. The van der Waals surface area contributed by atoms with Crippen LogP contribution in [-0.2, 0) is 28.7 Å². The van der Waals surface area contributed by atoms with E-state index in [0.29, 0.717) is 6.54 Å². The van der Waals surface area contributed by atoms with Crippen molar-refractivity contribution in [2.45, 2.75) is 25.1 Å². The summed E-state index contributed by atoms with van der Waals surface area (Å²) in [5, 5.41) is 0. The maximum Gasteiger partial charge on any atom is 0.218 e. The lowest BCUT2D eigenvalue weighted by atomic mass is 10.00. The smallest absolute Gasteiger partial charge is 0.218 e. The summed E-state index contributed by atoms with van der Waals surface area (Å²) >= 11 is 0. The average molecular weight is 337 g/mol. The average Bonchev–Trinajstić information content (AvgIpc) is 2.97. The highest BCUT2D eigenvalue weighted by Gasteiger charge is 2.26. The molecule has 0 amide bonds. The van der Waals surface area contributed by atoms with E-state index in [1.54, 1.807) is 25.4 Å². The van der Waals surface area contributed by atoms with E-state index in [1.165, 1.54) is 16.4 Å². The van der Waals surface area contributed by atoms with Gasteiger partial charge in [0.15, 0.2) is 0 Å². The predicted octanol–water partition coefficient (Wildman–Crippen LogP) is 2.05. The fourth-order valence-electron chi connectivity index (χ4n) is 2.99. The fourth-order valence-corrected chi connectivity index (χ4v) is 4.27. The summed E-state index contributed by atoms with van der Waals surface area (Å²) in [5.74, 6) is 0.513. The highest BCUT2D eigenvalue weighted by atomic mass is 32.2. The number of hydrogen-bond donors (Lipinski definition) is 0. The van der Waals surface area contributed by atoms with Crippen LogP contribution >= 0.6 is 0 Å². The topological polar surface area (TPSA) is 55.2 Å². The molecule has 0 bridgehead atoms. The molecule has 23 heavy (non-hydrogen) atoms. The second kappa shape index (κ2) is 6.41. The quantitative estimate of drug-likeness (QED) is 0.839. The molecule has 0 N–H and O–H groups in total. The Morgan fingerprint density at radius 1 is 1.39 bits per heavy atom. The summed E-state index contributed by atoms with van der Waals surface area (Å²) in [7, 11) is -1.96. The Hall–Kier alpha value is -1.73. The SMILES string of the molecule is CN(CC1CCc2nccn2C1)S(=O)(=O)Cc1ccccc1F. The number of halogens is 1. The molecule has 124 valence electrons. The molecule has 1 unspecified atom stereocenters. The Labute approximate surface area is 135 Å². The first-order valence-electron chi connectivity index (χ1n) is 7.63. The lowest BCUT2D eigenvalue weighted by molar-refractivity contribution is 0.303. The van der Waals surface area contributed by atoms with Crippen LogP contribution in [0.4, 0.5) is 4.39 Å². The molecule has 2 aromatic rings. The maximum atomic E-state index is 13.7. The van der Waals surface area contributed by atoms with Crippen LogP contribution in [-0.4, -0.2) is 35.9 Å². The minimum absolute atomic E-state index is 0.208. The molecule has 0 saturated heterocycles. The second-order valence-corrected chi connectivity index (χ2v) is 8.10. The zero-order chi connectivity index (χ0) is 16.4. The molecular weight excluding hydrogens is 317 g/mol. The van der Waals surface area contributed by atoms with Gasteiger partial charge in [0.25, 0.3) is 0 Å². The van der Waals surface area contributed by atoms with Crippen molar-refractivity contribution in [1.82, 2.24) is 13.9 Å². The van der Waals surface area contributed by atoms with Gasteiger partial charge in [-0.25, -0.2) is 22.1 Å². The third-order valence-corrected chi connectivity index (χ3v) is 6.09. The molecule has 1 atom stereocenters. The maximum absolute atomic E-state index is 13.7. The van der Waals surface area contributed by atoms with Gasteiger partial charge in [-0.2, -0.15) is 0 Å². The molecule has 0 aliphatic carbocycles. The third-order valence-electron chi connectivity index (χ3n) is 4.32. The van der Waals surface area contributed by atoms with Gasteiger partial charge >= 0.3 is 0 Å². The summed E-state index contributed by atoms with van der Waals surface area (Å²) in [5.41, 5.74) is 0.208. The van der Waals surface area contributed by atoms with Gasteiger partial charge in [-0.05, 0) is 18.4 Å². The lowest BCUT2D eigenvalue weighted by Crippen LogP contribution is -2.36. The Bertz CT molecular complexity index is 788. The molecule has 0 radical (unpaired) electrons. The predicted molar refractivity (Wildman–Crippen MR) is 85.7 cm³/mol. The number of hydrogen-bond acceptors (Lipinski definition) is 3. The molecule has 1 aliphatic heterocycles. The number of benzene rings is 1. The number of aryl methyl sites for hydroxylation is 1. The molecule has 3 rings (SSSR count). The van der Waals surface area contributed by atoms with E-state index >= 15 is 0 Å². The third kappa shape index (κ3) is 3.61. The summed E-state index contributed by atoms with van der Waals surface area (Å²) in [6.07, 6.45) is 5.47. The second-order valence-electron chi connectivity index (χ2n) is 6.03. The van der Waals surface area contributed by atoms with Gasteiger partial charge < -0.3 is 4.57 Å². The standard InChI is InChI=1S/C16H20FN3O2S/c1-19(10-13-6-7-16-18-8-9-20(16)11-13)23(21,22)12-14-4-2-3-5-15(14)17/h2-5,8-9,13H,6-7,10-12H2,1H3. The number of sulfonamides is 1. The van der Waals surface area contributed by atoms with Crippen molar-refractivity contribution in [1.29, 1.82) is 0 Å². The first kappa shape index (κ1) is 16.1. The molecule has 1 aromatic carbocycles. The Kier molecular flexibility index (Phi) is 4.50. The molecule has 5 nitrogen and oxygen atoms in total. The minimum atomic E-state index is -3.53. The number of fused-ring (bicyclic) bond motifs is 1. The molecule has 1 aromatic heterocycles. The van der Waals surface area contributed by atoms with Crippen molar-refractivity contribution >= 4 is 10.0 Å². The van der Waals surface area contributed by atoms with Crippen LogP contribution in [0.1, 0.15) is 17.8 Å². The van der Waals surface area contributed by atoms with Crippen molar-refractivity contribution < 1.29 is 12.8 Å². The zero-order valence-electron chi connectivity index (χ0n) is 13.0. The first-order chi connectivity index (χ1) is 11.0. The Morgan fingerprint density at radius 3 is 2.96 bits per heavy atom. The monoisotopic (exact) mass is 337 g/mol. The van der Waals surface area contributed by atoms with Crippen molar-refractivity contribution in [3.63, 3.8) is 0 Å². The van der Waals surface area contributed by atoms with Crippen LogP contribution in [0, 0.1) is 11.7 Å². The van der Waals surface area contributed by atoms with Gasteiger partial charge in [0.2, 0.25) is 10.0 Å². The van der Waals surface area contributed by atoms with Gasteiger partial charge in [-0.15, -0.1) is 0 Å². The number of aromatic nitrogens is 2. The van der Waals surface area contributed by atoms with Crippen LogP contribution in [0.3, 0.4) is 0 Å². The minimum Gasteiger partial charge on any atom is -0.335 e. The lowest BCUT2D eigenvalue weighted by Gasteiger charge is -2.27. The molecule has 0 fully saturated rings. The van der Waals surface area contributed by atoms with Crippen molar-refractivity contribution in [3.05, 3.63) is 53.9 Å². The largest absolute Gasteiger partial charge is 0.335 e. The zero-order valence-corrected chi connectivity index (χ0v) is 13.8. The summed E-state index contributed by atoms with van der Waals surface area (Å²) in [4.78, 5) is 4.27. The van der Waals surface area contributed by atoms with Crippen molar-refractivity contribution in [2.24, 2.45) is 5.92 Å². The van der Waals surface area contributed by atoms with E-state index in [-0.39, 0.29) is 17.2 Å². The van der Waals surface area contributed by atoms with E-state index in [9.17, 15) is 12.8 Å². The number of nitrogens with zero attached hydrogens (tertiary/aromatic N) is 3. The molecule has 7 heteroatoms. The number of rotatable bonds is 5. The van der Waals surface area contributed by atoms with E-state index in [4.69, 9.17) is 0 Å². The summed E-state index contributed by atoms with van der Waals surface area (Å²) < 4.78 is 42.0. The van der Waals surface area contributed by atoms with Crippen LogP contribution in [0.15, 0.2) is 36.7 Å². The summed E-state index contributed by atoms with van der Waals surface area (Å²) in [6, 6.07) is 6.00. The highest BCUT2D eigenvalue weighted by molar-refractivity contribution is 7.88. The van der Waals surface area contributed by atoms with Gasteiger partial charge in [0, 0.05) is 44.5 Å². The number of imidazole rings is 1. The van der Waals surface area contributed by atoms with E-state index in [2.05, 4.69) is 9.55 Å². The van der Waals surface area contributed by atoms with Gasteiger partial charge in [-0.3, -0.25) is 0 Å². The Morgan fingerprint density at radius 2 is 2.17 bits per heavy atom. The van der Waals surface area contributed by atoms with Crippen molar-refractivity contribution in [3.8, 4) is 0 Å².